The molecule has 1 N–H and O–H groups in total. The summed E-state index contributed by atoms with van der Waals surface area (Å²) >= 11 is 1.14. The molecule has 0 unspecified atom stereocenters. The number of para-hydroxylation sites is 2. The van der Waals surface area contributed by atoms with Crippen molar-refractivity contribution in [3.8, 4) is 0 Å². The first-order valence-electron chi connectivity index (χ1n) is 8.27. The number of imidazole rings is 2. The van der Waals surface area contributed by atoms with Gasteiger partial charge in [0, 0.05) is 21.1 Å². The minimum atomic E-state index is -0.994. The van der Waals surface area contributed by atoms with Gasteiger partial charge in [-0.1, -0.05) is 12.1 Å². The van der Waals surface area contributed by atoms with Gasteiger partial charge in [-0.05, 0) is 23.9 Å². The average molecular weight is 400 g/mol. The van der Waals surface area contributed by atoms with E-state index in [-0.39, 0.29) is 17.7 Å². The maximum absolute atomic E-state index is 12.5. The summed E-state index contributed by atoms with van der Waals surface area (Å²) in [4.78, 5) is 45.0. The van der Waals surface area contributed by atoms with E-state index in [0.29, 0.717) is 21.3 Å². The summed E-state index contributed by atoms with van der Waals surface area (Å²) in [6, 6.07) is 7.23. The lowest BCUT2D eigenvalue weighted by molar-refractivity contribution is -0.137. The number of fused-ring (bicyclic) bond motifs is 2. The number of carboxylic acids is 1. The fraction of sp³-hybridized carbons (Fsp3) is 0.235. The number of aromatic nitrogens is 6. The van der Waals surface area contributed by atoms with E-state index >= 15 is 0 Å². The normalized spacial score (nSPS) is 11.5. The van der Waals surface area contributed by atoms with Crippen LogP contribution in [0.25, 0.3) is 22.2 Å². The van der Waals surface area contributed by atoms with E-state index in [4.69, 9.17) is 0 Å². The van der Waals surface area contributed by atoms with Gasteiger partial charge in [-0.15, -0.1) is 0 Å². The lowest BCUT2D eigenvalue weighted by Crippen LogP contribution is -2.37. The van der Waals surface area contributed by atoms with Crippen LogP contribution >= 0.6 is 11.8 Å². The van der Waals surface area contributed by atoms with Crippen molar-refractivity contribution in [2.75, 3.05) is 0 Å². The van der Waals surface area contributed by atoms with Crippen LogP contribution in [0.5, 0.6) is 0 Å². The van der Waals surface area contributed by atoms with Crippen molar-refractivity contribution < 1.29 is 9.90 Å². The molecule has 0 saturated heterocycles. The molecule has 0 amide bonds. The number of aliphatic carboxylic acids is 1. The molecule has 0 spiro atoms. The Morgan fingerprint density at radius 3 is 2.46 bits per heavy atom. The zero-order chi connectivity index (χ0) is 20.2. The predicted molar refractivity (Wildman–Crippen MR) is 103 cm³/mol. The molecule has 4 rings (SSSR count). The molecule has 0 atom stereocenters. The van der Waals surface area contributed by atoms with Crippen molar-refractivity contribution in [1.82, 2.24) is 28.2 Å². The molecule has 4 aromatic rings. The van der Waals surface area contributed by atoms with E-state index in [1.165, 1.54) is 11.6 Å². The molecule has 0 aliphatic rings. The van der Waals surface area contributed by atoms with Crippen LogP contribution < -0.4 is 11.2 Å². The number of hydrogen-bond donors (Lipinski definition) is 1. The highest BCUT2D eigenvalue weighted by atomic mass is 32.2. The lowest BCUT2D eigenvalue weighted by Gasteiger charge is -2.06. The van der Waals surface area contributed by atoms with Gasteiger partial charge in [-0.25, -0.2) is 14.8 Å². The molecule has 0 bridgehead atoms. The SMILES string of the molecule is Cn1c(=O)c2c(nc(Sc3nc4ccccc4n3CC(=O)O)n2C)n(C)c1=O. The minimum Gasteiger partial charge on any atom is -0.480 e. The molecule has 0 aliphatic heterocycles. The number of nitrogens with zero attached hydrogens (tertiary/aromatic N) is 6. The highest BCUT2D eigenvalue weighted by molar-refractivity contribution is 7.99. The van der Waals surface area contributed by atoms with E-state index in [0.717, 1.165) is 16.3 Å². The van der Waals surface area contributed by atoms with Crippen molar-refractivity contribution in [1.29, 1.82) is 0 Å². The summed E-state index contributed by atoms with van der Waals surface area (Å²) in [7, 11) is 4.63. The van der Waals surface area contributed by atoms with E-state index in [1.807, 2.05) is 12.1 Å². The Labute approximate surface area is 161 Å². The average Bonchev–Trinajstić information content (AvgIpc) is 3.16. The van der Waals surface area contributed by atoms with E-state index in [2.05, 4.69) is 9.97 Å². The van der Waals surface area contributed by atoms with Crippen molar-refractivity contribution >= 4 is 39.9 Å². The largest absolute Gasteiger partial charge is 0.480 e. The quantitative estimate of drug-likeness (QED) is 0.532. The maximum Gasteiger partial charge on any atom is 0.332 e. The summed E-state index contributed by atoms with van der Waals surface area (Å²) in [6.07, 6.45) is 0. The molecule has 0 saturated carbocycles. The smallest absolute Gasteiger partial charge is 0.332 e. The van der Waals surface area contributed by atoms with Gasteiger partial charge in [0.25, 0.3) is 5.56 Å². The van der Waals surface area contributed by atoms with Crippen LogP contribution in [-0.2, 0) is 32.5 Å². The highest BCUT2D eigenvalue weighted by Crippen LogP contribution is 2.30. The third-order valence-corrected chi connectivity index (χ3v) is 5.57. The summed E-state index contributed by atoms with van der Waals surface area (Å²) in [5.41, 5.74) is 0.985. The van der Waals surface area contributed by atoms with Crippen LogP contribution in [0.15, 0.2) is 44.2 Å². The lowest BCUT2D eigenvalue weighted by atomic mass is 10.3. The van der Waals surface area contributed by atoms with Gasteiger partial charge in [0.1, 0.15) is 6.54 Å². The second-order valence-corrected chi connectivity index (χ2v) is 7.23. The van der Waals surface area contributed by atoms with Gasteiger partial charge in [0.05, 0.1) is 11.0 Å². The standard InChI is InChI=1S/C17H16N6O4S/c1-20-12-13(21(2)17(27)22(3)14(12)26)19-15(20)28-16-18-9-6-4-5-7-10(9)23(16)8-11(24)25/h4-7H,8H2,1-3H3,(H,24,25). The monoisotopic (exact) mass is 400 g/mol. The third kappa shape index (κ3) is 2.62. The summed E-state index contributed by atoms with van der Waals surface area (Å²) in [5.74, 6) is -0.994. The zero-order valence-electron chi connectivity index (χ0n) is 15.3. The number of carbonyl (C=O) groups is 1. The zero-order valence-corrected chi connectivity index (χ0v) is 16.1. The Morgan fingerprint density at radius 2 is 1.75 bits per heavy atom. The van der Waals surface area contributed by atoms with Gasteiger partial charge in [0.2, 0.25) is 0 Å². The van der Waals surface area contributed by atoms with Gasteiger partial charge in [0.15, 0.2) is 21.5 Å². The molecule has 0 aliphatic carbocycles. The Hall–Kier alpha value is -3.34. The predicted octanol–water partition coefficient (Wildman–Crippen LogP) is 0.556. The number of hydrogen-bond acceptors (Lipinski definition) is 6. The molecule has 1 aromatic carbocycles. The minimum absolute atomic E-state index is 0.257. The van der Waals surface area contributed by atoms with Gasteiger partial charge in [-0.3, -0.25) is 18.7 Å². The molecule has 11 heteroatoms. The molecule has 3 aromatic heterocycles. The summed E-state index contributed by atoms with van der Waals surface area (Å²) in [5, 5.41) is 10.1. The Morgan fingerprint density at radius 1 is 1.04 bits per heavy atom. The van der Waals surface area contributed by atoms with Crippen LogP contribution in [0.3, 0.4) is 0 Å². The number of aryl methyl sites for hydroxylation is 2. The molecule has 144 valence electrons. The van der Waals surface area contributed by atoms with Crippen LogP contribution in [0.4, 0.5) is 0 Å². The third-order valence-electron chi connectivity index (χ3n) is 4.53. The van der Waals surface area contributed by atoms with E-state index in [9.17, 15) is 19.5 Å². The van der Waals surface area contributed by atoms with Crippen molar-refractivity contribution in [2.24, 2.45) is 21.1 Å². The van der Waals surface area contributed by atoms with Crippen LogP contribution in [0, 0.1) is 0 Å². The maximum atomic E-state index is 12.5. The van der Waals surface area contributed by atoms with E-state index < -0.39 is 17.2 Å². The summed E-state index contributed by atoms with van der Waals surface area (Å²) < 4.78 is 5.50. The molecule has 3 heterocycles. The van der Waals surface area contributed by atoms with E-state index in [1.54, 1.807) is 35.4 Å². The fourth-order valence-corrected chi connectivity index (χ4v) is 4.03. The number of rotatable bonds is 4. The van der Waals surface area contributed by atoms with Crippen molar-refractivity contribution in [3.05, 3.63) is 45.1 Å². The Bertz CT molecular complexity index is 1380. The molecule has 0 fully saturated rings. The molecular formula is C17H16N6O4S. The first-order valence-corrected chi connectivity index (χ1v) is 9.08. The van der Waals surface area contributed by atoms with Gasteiger partial charge in [-0.2, -0.15) is 0 Å². The van der Waals surface area contributed by atoms with Gasteiger partial charge < -0.3 is 14.2 Å². The Balaban J connectivity index is 1.92. The number of benzene rings is 1. The molecular weight excluding hydrogens is 384 g/mol. The highest BCUT2D eigenvalue weighted by Gasteiger charge is 2.21. The number of carboxylic acid groups (broad SMARTS) is 1. The first-order chi connectivity index (χ1) is 13.3. The molecule has 28 heavy (non-hydrogen) atoms. The van der Waals surface area contributed by atoms with Crippen molar-refractivity contribution in [3.63, 3.8) is 0 Å². The second kappa shape index (κ2) is 6.37. The second-order valence-electron chi connectivity index (χ2n) is 6.30. The first kappa shape index (κ1) is 18.0. The molecule has 0 radical (unpaired) electrons. The topological polar surface area (TPSA) is 117 Å². The van der Waals surface area contributed by atoms with Crippen LogP contribution in [0.1, 0.15) is 0 Å². The Kier molecular flexibility index (Phi) is 4.11. The van der Waals surface area contributed by atoms with Crippen molar-refractivity contribution in [2.45, 2.75) is 16.9 Å². The fourth-order valence-electron chi connectivity index (χ4n) is 3.09. The van der Waals surface area contributed by atoms with Gasteiger partial charge >= 0.3 is 11.7 Å². The molecule has 10 nitrogen and oxygen atoms in total. The summed E-state index contributed by atoms with van der Waals surface area (Å²) in [6.45, 7) is -0.257. The van der Waals surface area contributed by atoms with Crippen LogP contribution in [0.2, 0.25) is 0 Å². The van der Waals surface area contributed by atoms with Crippen LogP contribution in [-0.4, -0.2) is 39.3 Å².